The van der Waals surface area contributed by atoms with Crippen molar-refractivity contribution in [2.75, 3.05) is 4.72 Å². The van der Waals surface area contributed by atoms with Gasteiger partial charge in [0.1, 0.15) is 0 Å². The summed E-state index contributed by atoms with van der Waals surface area (Å²) in [5.41, 5.74) is 0. The van der Waals surface area contributed by atoms with Crippen molar-refractivity contribution in [2.45, 2.75) is 4.90 Å². The van der Waals surface area contributed by atoms with E-state index in [0.717, 1.165) is 4.47 Å². The van der Waals surface area contributed by atoms with Gasteiger partial charge in [-0.2, -0.15) is 0 Å². The van der Waals surface area contributed by atoms with Crippen molar-refractivity contribution >= 4 is 31.8 Å². The van der Waals surface area contributed by atoms with E-state index in [1.165, 1.54) is 30.5 Å². The van der Waals surface area contributed by atoms with Crippen LogP contribution in [0.5, 0.6) is 5.75 Å². The van der Waals surface area contributed by atoms with E-state index in [2.05, 4.69) is 25.6 Å². The fourth-order valence-corrected chi connectivity index (χ4v) is 2.56. The van der Waals surface area contributed by atoms with Crippen LogP contribution in [0.25, 0.3) is 0 Å². The zero-order valence-electron chi connectivity index (χ0n) is 9.04. The van der Waals surface area contributed by atoms with Gasteiger partial charge in [0.05, 0.1) is 4.90 Å². The van der Waals surface area contributed by atoms with Crippen LogP contribution < -0.4 is 4.72 Å². The number of anilines is 1. The van der Waals surface area contributed by atoms with E-state index in [-0.39, 0.29) is 16.5 Å². The number of aromatic hydroxyl groups is 1. The Bertz CT molecular complexity index is 656. The normalized spacial score (nSPS) is 11.2. The van der Waals surface area contributed by atoms with Gasteiger partial charge in [-0.3, -0.25) is 4.72 Å². The second kappa shape index (κ2) is 4.95. The van der Waals surface area contributed by atoms with Crippen molar-refractivity contribution in [1.82, 2.24) is 4.98 Å². The van der Waals surface area contributed by atoms with Gasteiger partial charge in [-0.15, -0.1) is 0 Å². The second-order valence-electron chi connectivity index (χ2n) is 3.43. The van der Waals surface area contributed by atoms with Crippen molar-refractivity contribution in [3.05, 3.63) is 47.1 Å². The molecule has 2 rings (SSSR count). The summed E-state index contributed by atoms with van der Waals surface area (Å²) in [6, 6.07) is 9.00. The van der Waals surface area contributed by atoms with E-state index < -0.39 is 10.0 Å². The van der Waals surface area contributed by atoms with E-state index in [9.17, 15) is 13.5 Å². The van der Waals surface area contributed by atoms with E-state index in [0.29, 0.717) is 0 Å². The minimum Gasteiger partial charge on any atom is -0.504 e. The van der Waals surface area contributed by atoms with Crippen LogP contribution in [0.3, 0.4) is 0 Å². The average Bonchev–Trinajstić information content (AvgIpc) is 2.32. The lowest BCUT2D eigenvalue weighted by Gasteiger charge is -2.08. The van der Waals surface area contributed by atoms with Gasteiger partial charge in [-0.1, -0.05) is 15.9 Å². The van der Waals surface area contributed by atoms with Gasteiger partial charge in [-0.05, 0) is 36.4 Å². The van der Waals surface area contributed by atoms with Gasteiger partial charge in [0.2, 0.25) is 0 Å². The fourth-order valence-electron chi connectivity index (χ4n) is 1.28. The first-order valence-electron chi connectivity index (χ1n) is 4.91. The predicted molar refractivity (Wildman–Crippen MR) is 70.9 cm³/mol. The third kappa shape index (κ3) is 2.80. The standard InChI is InChI=1S/C11H9BrN2O3S/c12-8-3-5-9(6-4-8)18(16,17)14-11-10(15)2-1-7-13-11/h1-7,15H,(H,13,14). The summed E-state index contributed by atoms with van der Waals surface area (Å²) in [5.74, 6) is -0.321. The van der Waals surface area contributed by atoms with Crippen LogP contribution in [-0.4, -0.2) is 18.5 Å². The number of sulfonamides is 1. The van der Waals surface area contributed by atoms with Crippen LogP contribution in [0, 0.1) is 0 Å². The number of nitrogens with zero attached hydrogens (tertiary/aromatic N) is 1. The quantitative estimate of drug-likeness (QED) is 0.906. The molecule has 0 amide bonds. The molecule has 94 valence electrons. The molecule has 0 saturated carbocycles. The first kappa shape index (κ1) is 12.8. The highest BCUT2D eigenvalue weighted by molar-refractivity contribution is 9.10. The number of aromatic nitrogens is 1. The summed E-state index contributed by atoms with van der Waals surface area (Å²) >= 11 is 3.22. The number of pyridine rings is 1. The van der Waals surface area contributed by atoms with Gasteiger partial charge in [0.15, 0.2) is 11.6 Å². The molecule has 0 aliphatic rings. The van der Waals surface area contributed by atoms with Crippen molar-refractivity contribution in [3.63, 3.8) is 0 Å². The SMILES string of the molecule is O=S(=O)(Nc1ncccc1O)c1ccc(Br)cc1. The molecule has 2 N–H and O–H groups in total. The maximum absolute atomic E-state index is 12.0. The zero-order valence-corrected chi connectivity index (χ0v) is 11.4. The molecule has 0 aliphatic heterocycles. The summed E-state index contributed by atoms with van der Waals surface area (Å²) in [6.45, 7) is 0. The monoisotopic (exact) mass is 328 g/mol. The lowest BCUT2D eigenvalue weighted by atomic mass is 10.4. The van der Waals surface area contributed by atoms with Gasteiger partial charge in [0, 0.05) is 10.7 Å². The summed E-state index contributed by atoms with van der Waals surface area (Å²) in [4.78, 5) is 3.85. The molecular formula is C11H9BrN2O3S. The Balaban J connectivity index is 2.33. The van der Waals surface area contributed by atoms with Gasteiger partial charge in [-0.25, -0.2) is 13.4 Å². The van der Waals surface area contributed by atoms with Crippen LogP contribution >= 0.6 is 15.9 Å². The molecule has 0 fully saturated rings. The summed E-state index contributed by atoms with van der Waals surface area (Å²) in [7, 11) is -3.75. The van der Waals surface area contributed by atoms with Crippen LogP contribution in [0.4, 0.5) is 5.82 Å². The Hall–Kier alpha value is -1.60. The molecule has 1 aromatic heterocycles. The van der Waals surface area contributed by atoms with Crippen LogP contribution in [0.2, 0.25) is 0 Å². The molecule has 1 aromatic carbocycles. The molecular weight excluding hydrogens is 320 g/mol. The summed E-state index contributed by atoms with van der Waals surface area (Å²) in [6.07, 6.45) is 1.39. The summed E-state index contributed by atoms with van der Waals surface area (Å²) < 4.78 is 27.0. The molecule has 0 aliphatic carbocycles. The lowest BCUT2D eigenvalue weighted by Crippen LogP contribution is -2.13. The number of hydrogen-bond donors (Lipinski definition) is 2. The number of benzene rings is 1. The van der Waals surface area contributed by atoms with E-state index in [1.54, 1.807) is 12.1 Å². The Labute approximate surface area is 113 Å². The minimum absolute atomic E-state index is 0.0933. The number of nitrogens with one attached hydrogen (secondary N) is 1. The molecule has 1 heterocycles. The second-order valence-corrected chi connectivity index (χ2v) is 6.03. The topological polar surface area (TPSA) is 79.3 Å². The highest BCUT2D eigenvalue weighted by Crippen LogP contribution is 2.23. The smallest absolute Gasteiger partial charge is 0.263 e. The highest BCUT2D eigenvalue weighted by atomic mass is 79.9. The third-order valence-corrected chi connectivity index (χ3v) is 4.02. The predicted octanol–water partition coefficient (Wildman–Crippen LogP) is 2.35. The maximum Gasteiger partial charge on any atom is 0.263 e. The molecule has 0 radical (unpaired) electrons. The third-order valence-electron chi connectivity index (χ3n) is 2.14. The first-order valence-corrected chi connectivity index (χ1v) is 7.19. The maximum atomic E-state index is 12.0. The van der Waals surface area contributed by atoms with Crippen LogP contribution in [0.1, 0.15) is 0 Å². The first-order chi connectivity index (χ1) is 8.49. The van der Waals surface area contributed by atoms with E-state index in [4.69, 9.17) is 0 Å². The Morgan fingerprint density at radius 3 is 2.44 bits per heavy atom. The van der Waals surface area contributed by atoms with E-state index in [1.807, 2.05) is 0 Å². The molecule has 18 heavy (non-hydrogen) atoms. The number of rotatable bonds is 3. The van der Waals surface area contributed by atoms with Crippen LogP contribution in [0.15, 0.2) is 52.0 Å². The van der Waals surface area contributed by atoms with Gasteiger partial charge in [0.25, 0.3) is 10.0 Å². The molecule has 0 bridgehead atoms. The number of halogens is 1. The molecule has 7 heteroatoms. The molecule has 0 saturated heterocycles. The minimum atomic E-state index is -3.75. The Kier molecular flexibility index (Phi) is 3.53. The zero-order chi connectivity index (χ0) is 13.2. The van der Waals surface area contributed by atoms with Crippen molar-refractivity contribution in [2.24, 2.45) is 0 Å². The molecule has 5 nitrogen and oxygen atoms in total. The Morgan fingerprint density at radius 2 is 1.83 bits per heavy atom. The molecule has 0 unspecified atom stereocenters. The molecule has 0 spiro atoms. The largest absolute Gasteiger partial charge is 0.504 e. The van der Waals surface area contributed by atoms with Crippen LogP contribution in [-0.2, 0) is 10.0 Å². The molecule has 0 atom stereocenters. The van der Waals surface area contributed by atoms with Crippen molar-refractivity contribution in [1.29, 1.82) is 0 Å². The van der Waals surface area contributed by atoms with E-state index >= 15 is 0 Å². The van der Waals surface area contributed by atoms with Crippen molar-refractivity contribution in [3.8, 4) is 5.75 Å². The highest BCUT2D eigenvalue weighted by Gasteiger charge is 2.16. The van der Waals surface area contributed by atoms with Gasteiger partial charge < -0.3 is 5.11 Å². The fraction of sp³-hybridized carbons (Fsp3) is 0. The average molecular weight is 329 g/mol. The van der Waals surface area contributed by atoms with Gasteiger partial charge >= 0.3 is 0 Å². The summed E-state index contributed by atoms with van der Waals surface area (Å²) in [5, 5.41) is 9.47. The number of hydrogen-bond acceptors (Lipinski definition) is 4. The Morgan fingerprint density at radius 1 is 1.17 bits per heavy atom. The molecule has 2 aromatic rings. The lowest BCUT2D eigenvalue weighted by molar-refractivity contribution is 0.475. The van der Waals surface area contributed by atoms with Crippen molar-refractivity contribution < 1.29 is 13.5 Å².